The van der Waals surface area contributed by atoms with Gasteiger partial charge in [-0.3, -0.25) is 4.79 Å². The average molecular weight is 380 g/mol. The molecule has 2 heterocycles. The van der Waals surface area contributed by atoms with E-state index in [1.54, 1.807) is 12.1 Å². The molecule has 27 heavy (non-hydrogen) atoms. The zero-order valence-corrected chi connectivity index (χ0v) is 15.1. The van der Waals surface area contributed by atoms with Crippen LogP contribution in [0.2, 0.25) is 0 Å². The standard InChI is InChI=1S/C18H16N6O2S/c19-10-16-18(21-8-7-20-16)26-13-4-2-12(3-5-13)22-17(25)11-1-6-14-15(9-11)24-27-23-14/h1,6-9,12-13H,2-5H2,(H,22,25). The van der Waals surface area contributed by atoms with Gasteiger partial charge in [0.1, 0.15) is 23.2 Å². The summed E-state index contributed by atoms with van der Waals surface area (Å²) in [5.74, 6) is 0.174. The van der Waals surface area contributed by atoms with Gasteiger partial charge >= 0.3 is 0 Å². The van der Waals surface area contributed by atoms with Gasteiger partial charge in [0, 0.05) is 24.0 Å². The Hall–Kier alpha value is -3.12. The van der Waals surface area contributed by atoms with Crippen LogP contribution < -0.4 is 10.1 Å². The minimum absolute atomic E-state index is 0.0283. The molecule has 1 aliphatic carbocycles. The number of hydrogen-bond acceptors (Lipinski definition) is 8. The van der Waals surface area contributed by atoms with Crippen molar-refractivity contribution in [3.8, 4) is 11.9 Å². The molecule has 0 spiro atoms. The molecule has 0 saturated heterocycles. The van der Waals surface area contributed by atoms with Gasteiger partial charge in [-0.15, -0.1) is 0 Å². The van der Waals surface area contributed by atoms with E-state index in [2.05, 4.69) is 24.0 Å². The first-order chi connectivity index (χ1) is 13.2. The Bertz CT molecular complexity index is 1010. The maximum Gasteiger partial charge on any atom is 0.251 e. The number of ether oxygens (including phenoxy) is 1. The van der Waals surface area contributed by atoms with Gasteiger partial charge in [-0.25, -0.2) is 9.97 Å². The molecule has 0 radical (unpaired) electrons. The van der Waals surface area contributed by atoms with Crippen LogP contribution in [-0.2, 0) is 0 Å². The number of rotatable bonds is 4. The van der Waals surface area contributed by atoms with E-state index in [1.165, 1.54) is 12.4 Å². The average Bonchev–Trinajstić information content (AvgIpc) is 3.17. The summed E-state index contributed by atoms with van der Waals surface area (Å²) in [5.41, 5.74) is 2.32. The van der Waals surface area contributed by atoms with Gasteiger partial charge in [0.05, 0.1) is 11.7 Å². The van der Waals surface area contributed by atoms with E-state index in [4.69, 9.17) is 10.00 Å². The number of hydrogen-bond donors (Lipinski definition) is 1. The third kappa shape index (κ3) is 3.85. The van der Waals surface area contributed by atoms with E-state index in [-0.39, 0.29) is 29.6 Å². The van der Waals surface area contributed by atoms with Crippen molar-refractivity contribution < 1.29 is 9.53 Å². The van der Waals surface area contributed by atoms with Crippen molar-refractivity contribution in [1.82, 2.24) is 24.0 Å². The Morgan fingerprint density at radius 1 is 1.15 bits per heavy atom. The summed E-state index contributed by atoms with van der Waals surface area (Å²) >= 11 is 1.14. The highest BCUT2D eigenvalue weighted by Gasteiger charge is 2.25. The molecular weight excluding hydrogens is 364 g/mol. The minimum Gasteiger partial charge on any atom is -0.472 e. The molecule has 0 unspecified atom stereocenters. The lowest BCUT2D eigenvalue weighted by atomic mass is 9.92. The van der Waals surface area contributed by atoms with Crippen molar-refractivity contribution in [2.75, 3.05) is 0 Å². The van der Waals surface area contributed by atoms with Gasteiger partial charge in [-0.1, -0.05) is 0 Å². The third-order valence-corrected chi connectivity index (χ3v) is 5.13. The van der Waals surface area contributed by atoms with E-state index < -0.39 is 0 Å². The van der Waals surface area contributed by atoms with Crippen LogP contribution in [0.15, 0.2) is 30.6 Å². The zero-order chi connectivity index (χ0) is 18.6. The molecule has 136 valence electrons. The molecule has 3 aromatic rings. The number of nitriles is 1. The third-order valence-electron chi connectivity index (χ3n) is 4.57. The molecule has 8 nitrogen and oxygen atoms in total. The SMILES string of the molecule is N#Cc1nccnc1OC1CCC(NC(=O)c2ccc3nsnc3c2)CC1. The molecule has 1 fully saturated rings. The normalized spacial score (nSPS) is 19.4. The van der Waals surface area contributed by atoms with Gasteiger partial charge in [-0.2, -0.15) is 14.0 Å². The van der Waals surface area contributed by atoms with Crippen LogP contribution >= 0.6 is 11.7 Å². The number of carbonyl (C=O) groups is 1. The maximum absolute atomic E-state index is 12.5. The summed E-state index contributed by atoms with van der Waals surface area (Å²) in [6.07, 6.45) is 6.12. The fraction of sp³-hybridized carbons (Fsp3) is 0.333. The number of carbonyl (C=O) groups excluding carboxylic acids is 1. The monoisotopic (exact) mass is 380 g/mol. The van der Waals surface area contributed by atoms with Crippen LogP contribution in [0.1, 0.15) is 41.7 Å². The molecule has 0 bridgehead atoms. The van der Waals surface area contributed by atoms with Crippen LogP contribution in [0.25, 0.3) is 11.0 Å². The van der Waals surface area contributed by atoms with E-state index in [1.807, 2.05) is 12.1 Å². The Morgan fingerprint density at radius 2 is 1.93 bits per heavy atom. The number of amides is 1. The highest BCUT2D eigenvalue weighted by molar-refractivity contribution is 7.00. The van der Waals surface area contributed by atoms with Gasteiger partial charge in [0.25, 0.3) is 11.8 Å². The lowest BCUT2D eigenvalue weighted by Gasteiger charge is -2.29. The summed E-state index contributed by atoms with van der Waals surface area (Å²) in [6.45, 7) is 0. The summed E-state index contributed by atoms with van der Waals surface area (Å²) in [6, 6.07) is 7.43. The first-order valence-corrected chi connectivity index (χ1v) is 9.37. The molecular formula is C18H16N6O2S. The molecule has 9 heteroatoms. The van der Waals surface area contributed by atoms with Crippen molar-refractivity contribution in [2.24, 2.45) is 0 Å². The van der Waals surface area contributed by atoms with E-state index in [9.17, 15) is 4.79 Å². The predicted molar refractivity (Wildman–Crippen MR) is 98.3 cm³/mol. The van der Waals surface area contributed by atoms with Gasteiger partial charge in [0.15, 0.2) is 0 Å². The first-order valence-electron chi connectivity index (χ1n) is 8.64. The topological polar surface area (TPSA) is 114 Å². The fourth-order valence-corrected chi connectivity index (χ4v) is 3.68. The summed E-state index contributed by atoms with van der Waals surface area (Å²) in [5, 5.41) is 12.1. The summed E-state index contributed by atoms with van der Waals surface area (Å²) < 4.78 is 14.1. The maximum atomic E-state index is 12.5. The Morgan fingerprint density at radius 3 is 2.74 bits per heavy atom. The first kappa shape index (κ1) is 17.3. The molecule has 1 aliphatic rings. The lowest BCUT2D eigenvalue weighted by Crippen LogP contribution is -2.39. The molecule has 1 N–H and O–H groups in total. The Balaban J connectivity index is 1.32. The second kappa shape index (κ2) is 7.63. The molecule has 4 rings (SSSR count). The van der Waals surface area contributed by atoms with Gasteiger partial charge in [0.2, 0.25) is 5.69 Å². The molecule has 1 aromatic carbocycles. The zero-order valence-electron chi connectivity index (χ0n) is 14.3. The van der Waals surface area contributed by atoms with Crippen molar-refractivity contribution in [1.29, 1.82) is 5.26 Å². The summed E-state index contributed by atoms with van der Waals surface area (Å²) in [4.78, 5) is 20.5. The van der Waals surface area contributed by atoms with E-state index in [0.717, 1.165) is 48.4 Å². The van der Waals surface area contributed by atoms with Gasteiger partial charge < -0.3 is 10.1 Å². The molecule has 0 aliphatic heterocycles. The van der Waals surface area contributed by atoms with Crippen molar-refractivity contribution in [3.63, 3.8) is 0 Å². The van der Waals surface area contributed by atoms with Crippen LogP contribution in [0.5, 0.6) is 5.88 Å². The van der Waals surface area contributed by atoms with Crippen molar-refractivity contribution in [2.45, 2.75) is 37.8 Å². The highest BCUT2D eigenvalue weighted by atomic mass is 32.1. The Kier molecular flexibility index (Phi) is 4.89. The van der Waals surface area contributed by atoms with Crippen LogP contribution in [0.3, 0.4) is 0 Å². The number of nitrogens with one attached hydrogen (secondary N) is 1. The van der Waals surface area contributed by atoms with E-state index in [0.29, 0.717) is 5.56 Å². The van der Waals surface area contributed by atoms with E-state index >= 15 is 0 Å². The van der Waals surface area contributed by atoms with Gasteiger partial charge in [-0.05, 0) is 43.9 Å². The molecule has 2 aromatic heterocycles. The fourth-order valence-electron chi connectivity index (χ4n) is 3.16. The second-order valence-electron chi connectivity index (χ2n) is 6.35. The second-order valence-corrected chi connectivity index (χ2v) is 6.88. The molecule has 1 amide bonds. The lowest BCUT2D eigenvalue weighted by molar-refractivity contribution is 0.0889. The van der Waals surface area contributed by atoms with Crippen LogP contribution in [0, 0.1) is 11.3 Å². The smallest absolute Gasteiger partial charge is 0.251 e. The number of fused-ring (bicyclic) bond motifs is 1. The number of aromatic nitrogens is 4. The largest absolute Gasteiger partial charge is 0.472 e. The predicted octanol–water partition coefficient (Wildman–Crippen LogP) is 2.47. The summed E-state index contributed by atoms with van der Waals surface area (Å²) in [7, 11) is 0. The Labute approximate surface area is 159 Å². The molecule has 1 saturated carbocycles. The minimum atomic E-state index is -0.102. The van der Waals surface area contributed by atoms with Crippen LogP contribution in [0.4, 0.5) is 0 Å². The molecule has 0 atom stereocenters. The quantitative estimate of drug-likeness (QED) is 0.739. The van der Waals surface area contributed by atoms with Crippen molar-refractivity contribution in [3.05, 3.63) is 41.9 Å². The highest BCUT2D eigenvalue weighted by Crippen LogP contribution is 2.24. The van der Waals surface area contributed by atoms with Crippen LogP contribution in [-0.4, -0.2) is 36.8 Å². The number of benzene rings is 1. The van der Waals surface area contributed by atoms with Crippen molar-refractivity contribution >= 4 is 28.7 Å². The number of nitrogens with zero attached hydrogens (tertiary/aromatic N) is 5.